The van der Waals surface area contributed by atoms with Gasteiger partial charge in [0.25, 0.3) is 0 Å². The van der Waals surface area contributed by atoms with Gasteiger partial charge in [0.1, 0.15) is 5.82 Å². The Labute approximate surface area is 139 Å². The van der Waals surface area contributed by atoms with E-state index in [1.807, 2.05) is 18.3 Å². The monoisotopic (exact) mass is 322 g/mol. The Morgan fingerprint density at radius 2 is 1.96 bits per heavy atom. The van der Waals surface area contributed by atoms with E-state index < -0.39 is 0 Å². The van der Waals surface area contributed by atoms with E-state index in [9.17, 15) is 0 Å². The molecule has 0 N–H and O–H groups in total. The van der Waals surface area contributed by atoms with Gasteiger partial charge >= 0.3 is 0 Å². The molecule has 116 valence electrons. The van der Waals surface area contributed by atoms with Crippen molar-refractivity contribution in [2.24, 2.45) is 4.99 Å². The Kier molecular flexibility index (Phi) is 4.03. The number of hydrogen-bond donors (Lipinski definition) is 0. The van der Waals surface area contributed by atoms with Crippen molar-refractivity contribution in [1.29, 1.82) is 0 Å². The number of aryl methyl sites for hydroxylation is 1. The number of hydrogen-bond acceptors (Lipinski definition) is 4. The maximum Gasteiger partial charge on any atom is 0.163 e. The highest BCUT2D eigenvalue weighted by atomic mass is 32.1. The molecule has 0 radical (unpaired) electrons. The van der Waals surface area contributed by atoms with Crippen molar-refractivity contribution in [3.05, 3.63) is 52.5 Å². The Morgan fingerprint density at radius 3 is 2.78 bits per heavy atom. The van der Waals surface area contributed by atoms with Gasteiger partial charge < -0.3 is 4.57 Å². The molecular formula is C18H18N4S. The number of benzene rings is 1. The van der Waals surface area contributed by atoms with E-state index in [0.29, 0.717) is 0 Å². The van der Waals surface area contributed by atoms with Gasteiger partial charge in [0.15, 0.2) is 5.82 Å². The zero-order valence-electron chi connectivity index (χ0n) is 12.9. The molecule has 1 aliphatic heterocycles. The average molecular weight is 322 g/mol. The van der Waals surface area contributed by atoms with Crippen LogP contribution >= 0.6 is 11.3 Å². The van der Waals surface area contributed by atoms with Gasteiger partial charge in [0, 0.05) is 30.3 Å². The van der Waals surface area contributed by atoms with E-state index in [0.717, 1.165) is 41.4 Å². The quantitative estimate of drug-likeness (QED) is 0.667. The first kappa shape index (κ1) is 14.3. The van der Waals surface area contributed by atoms with Crippen LogP contribution in [0.4, 0.5) is 5.69 Å². The molecule has 23 heavy (non-hydrogen) atoms. The van der Waals surface area contributed by atoms with Gasteiger partial charge in [-0.15, -0.1) is 10.2 Å². The number of rotatable bonds is 3. The zero-order valence-corrected chi connectivity index (χ0v) is 13.7. The normalized spacial score (nSPS) is 14.8. The SMILES string of the molecule is C(=Nc1ccc(-c2nnc3n2CCCCC3)cc1)c1ccsc1. The number of aliphatic imine (C=N–C) groups is 1. The fourth-order valence-corrected chi connectivity index (χ4v) is 3.50. The third-order valence-electron chi connectivity index (χ3n) is 4.14. The number of fused-ring (bicyclic) bond motifs is 1. The molecular weight excluding hydrogens is 304 g/mol. The van der Waals surface area contributed by atoms with E-state index in [1.165, 1.54) is 19.3 Å². The van der Waals surface area contributed by atoms with Gasteiger partial charge in [-0.1, -0.05) is 6.42 Å². The summed E-state index contributed by atoms with van der Waals surface area (Å²) in [6.07, 6.45) is 6.64. The van der Waals surface area contributed by atoms with E-state index in [1.54, 1.807) is 11.3 Å². The van der Waals surface area contributed by atoms with Gasteiger partial charge in [-0.2, -0.15) is 11.3 Å². The molecule has 0 unspecified atom stereocenters. The minimum absolute atomic E-state index is 0.954. The molecule has 5 heteroatoms. The molecule has 3 aromatic rings. The molecule has 0 bridgehead atoms. The van der Waals surface area contributed by atoms with Crippen LogP contribution in [0.5, 0.6) is 0 Å². The van der Waals surface area contributed by atoms with Gasteiger partial charge in [-0.3, -0.25) is 4.99 Å². The summed E-state index contributed by atoms with van der Waals surface area (Å²) >= 11 is 1.68. The second kappa shape index (κ2) is 6.46. The molecule has 1 aliphatic rings. The van der Waals surface area contributed by atoms with Crippen LogP contribution in [0.15, 0.2) is 46.1 Å². The van der Waals surface area contributed by atoms with Crippen LogP contribution < -0.4 is 0 Å². The summed E-state index contributed by atoms with van der Waals surface area (Å²) in [6.45, 7) is 1.02. The molecule has 0 fully saturated rings. The van der Waals surface area contributed by atoms with E-state index in [-0.39, 0.29) is 0 Å². The van der Waals surface area contributed by atoms with Crippen molar-refractivity contribution in [2.75, 3.05) is 0 Å². The molecule has 3 heterocycles. The van der Waals surface area contributed by atoms with Crippen molar-refractivity contribution in [1.82, 2.24) is 14.8 Å². The van der Waals surface area contributed by atoms with Gasteiger partial charge in [-0.25, -0.2) is 0 Å². The highest BCUT2D eigenvalue weighted by Crippen LogP contribution is 2.24. The lowest BCUT2D eigenvalue weighted by molar-refractivity contribution is 0.636. The lowest BCUT2D eigenvalue weighted by Gasteiger charge is -2.07. The summed E-state index contributed by atoms with van der Waals surface area (Å²) in [5.74, 6) is 2.10. The lowest BCUT2D eigenvalue weighted by Crippen LogP contribution is -2.02. The molecule has 1 aromatic carbocycles. The van der Waals surface area contributed by atoms with E-state index in [4.69, 9.17) is 0 Å². The smallest absolute Gasteiger partial charge is 0.163 e. The van der Waals surface area contributed by atoms with Crippen molar-refractivity contribution in [3.8, 4) is 11.4 Å². The predicted octanol–water partition coefficient (Wildman–Crippen LogP) is 4.48. The van der Waals surface area contributed by atoms with Crippen LogP contribution in [0.2, 0.25) is 0 Å². The van der Waals surface area contributed by atoms with Gasteiger partial charge in [0.2, 0.25) is 0 Å². The molecule has 0 saturated carbocycles. The second-order valence-electron chi connectivity index (χ2n) is 5.76. The second-order valence-corrected chi connectivity index (χ2v) is 6.54. The summed E-state index contributed by atoms with van der Waals surface area (Å²) in [7, 11) is 0. The maximum atomic E-state index is 4.51. The fraction of sp³-hybridized carbons (Fsp3) is 0.278. The molecule has 4 nitrogen and oxygen atoms in total. The summed E-state index contributed by atoms with van der Waals surface area (Å²) < 4.78 is 2.27. The Morgan fingerprint density at radius 1 is 1.04 bits per heavy atom. The van der Waals surface area contributed by atoms with E-state index in [2.05, 4.69) is 48.7 Å². The summed E-state index contributed by atoms with van der Waals surface area (Å²) in [4.78, 5) is 4.51. The molecule has 2 aromatic heterocycles. The lowest BCUT2D eigenvalue weighted by atomic mass is 10.2. The predicted molar refractivity (Wildman–Crippen MR) is 94.6 cm³/mol. The van der Waals surface area contributed by atoms with Crippen LogP contribution in [-0.2, 0) is 13.0 Å². The number of nitrogens with zero attached hydrogens (tertiary/aromatic N) is 4. The molecule has 4 rings (SSSR count). The highest BCUT2D eigenvalue weighted by molar-refractivity contribution is 7.08. The third-order valence-corrected chi connectivity index (χ3v) is 4.84. The molecule has 0 saturated heterocycles. The highest BCUT2D eigenvalue weighted by Gasteiger charge is 2.15. The maximum absolute atomic E-state index is 4.51. The van der Waals surface area contributed by atoms with Crippen LogP contribution in [0, 0.1) is 0 Å². The Bertz CT molecular complexity index is 800. The van der Waals surface area contributed by atoms with Crippen molar-refractivity contribution < 1.29 is 0 Å². The summed E-state index contributed by atoms with van der Waals surface area (Å²) in [5, 5.41) is 12.9. The topological polar surface area (TPSA) is 43.1 Å². The molecule has 0 amide bonds. The van der Waals surface area contributed by atoms with Crippen LogP contribution in [0.1, 0.15) is 30.7 Å². The molecule has 0 spiro atoms. The van der Waals surface area contributed by atoms with Gasteiger partial charge in [0.05, 0.1) is 5.69 Å². The van der Waals surface area contributed by atoms with Crippen LogP contribution in [0.25, 0.3) is 11.4 Å². The first-order valence-electron chi connectivity index (χ1n) is 7.99. The number of aromatic nitrogens is 3. The largest absolute Gasteiger partial charge is 0.311 e. The first-order chi connectivity index (χ1) is 11.4. The van der Waals surface area contributed by atoms with Crippen molar-refractivity contribution >= 4 is 23.2 Å². The van der Waals surface area contributed by atoms with Crippen molar-refractivity contribution in [3.63, 3.8) is 0 Å². The standard InChI is InChI=1S/C18H18N4S/c1-2-4-17-20-21-18(22(17)10-3-1)15-5-7-16(8-6-15)19-12-14-9-11-23-13-14/h5-9,11-13H,1-4,10H2. The first-order valence-corrected chi connectivity index (χ1v) is 8.93. The summed E-state index contributed by atoms with van der Waals surface area (Å²) in [6, 6.07) is 10.3. The summed E-state index contributed by atoms with van der Waals surface area (Å²) in [5.41, 5.74) is 3.21. The molecule has 0 aliphatic carbocycles. The fourth-order valence-electron chi connectivity index (χ4n) is 2.89. The Balaban J connectivity index is 1.58. The van der Waals surface area contributed by atoms with Crippen LogP contribution in [0.3, 0.4) is 0 Å². The van der Waals surface area contributed by atoms with Crippen LogP contribution in [-0.4, -0.2) is 21.0 Å². The Hall–Kier alpha value is -2.27. The average Bonchev–Trinajstić information content (AvgIpc) is 3.19. The number of thiophene rings is 1. The third kappa shape index (κ3) is 3.10. The van der Waals surface area contributed by atoms with Gasteiger partial charge in [-0.05, 0) is 53.9 Å². The minimum atomic E-state index is 0.954. The van der Waals surface area contributed by atoms with Crippen molar-refractivity contribution in [2.45, 2.75) is 32.2 Å². The molecule has 0 atom stereocenters. The minimum Gasteiger partial charge on any atom is -0.311 e. The zero-order chi connectivity index (χ0) is 15.5. The van der Waals surface area contributed by atoms with E-state index >= 15 is 0 Å².